The molecule has 1 fully saturated rings. The van der Waals surface area contributed by atoms with Gasteiger partial charge in [-0.2, -0.15) is 9.57 Å². The number of sulfonamides is 1. The Labute approximate surface area is 136 Å². The smallest absolute Gasteiger partial charge is 0.243 e. The number of aliphatic hydroxyl groups is 1. The van der Waals surface area contributed by atoms with E-state index < -0.39 is 21.9 Å². The molecule has 23 heavy (non-hydrogen) atoms. The van der Waals surface area contributed by atoms with Gasteiger partial charge in [0, 0.05) is 13.1 Å². The highest BCUT2D eigenvalue weighted by Gasteiger charge is 2.39. The van der Waals surface area contributed by atoms with Crippen LogP contribution in [0.25, 0.3) is 0 Å². The van der Waals surface area contributed by atoms with E-state index in [1.54, 1.807) is 6.07 Å². The largest absolute Gasteiger partial charge is 0.391 e. The molecular formula is C16H21FN2O3S. The average molecular weight is 340 g/mol. The number of β-amino-alcohol motifs (C(OH)–C–C–N with tert-alkyl or cyclic N) is 1. The lowest BCUT2D eigenvalue weighted by atomic mass is 9.74. The lowest BCUT2D eigenvalue weighted by Crippen LogP contribution is -2.49. The van der Waals surface area contributed by atoms with Gasteiger partial charge in [0.15, 0.2) is 0 Å². The first kappa shape index (κ1) is 17.9. The van der Waals surface area contributed by atoms with Crippen LogP contribution in [0.15, 0.2) is 23.1 Å². The predicted octanol–water partition coefficient (Wildman–Crippen LogP) is 2.11. The van der Waals surface area contributed by atoms with E-state index in [9.17, 15) is 17.9 Å². The summed E-state index contributed by atoms with van der Waals surface area (Å²) in [7, 11) is -3.86. The molecule has 1 aromatic carbocycles. The summed E-state index contributed by atoms with van der Waals surface area (Å²) in [6, 6.07) is 4.80. The molecule has 2 rings (SSSR count). The molecule has 0 spiro atoms. The predicted molar refractivity (Wildman–Crippen MR) is 83.4 cm³/mol. The molecule has 0 radical (unpaired) electrons. The van der Waals surface area contributed by atoms with Crippen molar-refractivity contribution in [1.82, 2.24) is 4.31 Å². The van der Waals surface area contributed by atoms with Crippen molar-refractivity contribution >= 4 is 10.0 Å². The van der Waals surface area contributed by atoms with Crippen LogP contribution in [0.5, 0.6) is 0 Å². The van der Waals surface area contributed by atoms with Crippen molar-refractivity contribution in [3.8, 4) is 6.07 Å². The molecule has 1 heterocycles. The van der Waals surface area contributed by atoms with Crippen molar-refractivity contribution in [3.63, 3.8) is 0 Å². The molecule has 1 aromatic rings. The van der Waals surface area contributed by atoms with E-state index in [0.29, 0.717) is 13.0 Å². The Morgan fingerprint density at radius 3 is 2.57 bits per heavy atom. The first-order valence-corrected chi connectivity index (χ1v) is 8.89. The number of hydrogen-bond acceptors (Lipinski definition) is 4. The van der Waals surface area contributed by atoms with Crippen molar-refractivity contribution in [2.45, 2.75) is 38.2 Å². The molecule has 0 saturated carbocycles. The van der Waals surface area contributed by atoms with E-state index >= 15 is 0 Å². The van der Waals surface area contributed by atoms with Crippen molar-refractivity contribution in [2.24, 2.45) is 11.3 Å². The summed E-state index contributed by atoms with van der Waals surface area (Å²) in [6.45, 7) is 6.35. The third-order valence-corrected chi connectivity index (χ3v) is 6.21. The van der Waals surface area contributed by atoms with E-state index in [2.05, 4.69) is 0 Å². The fourth-order valence-corrected chi connectivity index (χ4v) is 4.53. The van der Waals surface area contributed by atoms with E-state index in [0.717, 1.165) is 18.2 Å². The third kappa shape index (κ3) is 3.55. The Morgan fingerprint density at radius 1 is 1.39 bits per heavy atom. The van der Waals surface area contributed by atoms with Gasteiger partial charge in [-0.25, -0.2) is 12.8 Å². The zero-order valence-electron chi connectivity index (χ0n) is 13.5. The molecule has 1 saturated heterocycles. The lowest BCUT2D eigenvalue weighted by Gasteiger charge is -2.41. The van der Waals surface area contributed by atoms with Gasteiger partial charge in [-0.3, -0.25) is 0 Å². The lowest BCUT2D eigenvalue weighted by molar-refractivity contribution is -0.00209. The van der Waals surface area contributed by atoms with Gasteiger partial charge in [-0.1, -0.05) is 20.8 Å². The minimum absolute atomic E-state index is 0.00351. The topological polar surface area (TPSA) is 81.4 Å². The molecule has 126 valence electrons. The Kier molecular flexibility index (Phi) is 4.81. The monoisotopic (exact) mass is 340 g/mol. The zero-order valence-corrected chi connectivity index (χ0v) is 14.3. The van der Waals surface area contributed by atoms with E-state index in [1.165, 1.54) is 4.31 Å². The van der Waals surface area contributed by atoms with Gasteiger partial charge >= 0.3 is 0 Å². The van der Waals surface area contributed by atoms with Crippen LogP contribution >= 0.6 is 0 Å². The quantitative estimate of drug-likeness (QED) is 0.894. The van der Waals surface area contributed by atoms with Gasteiger partial charge in [0.1, 0.15) is 11.9 Å². The number of nitriles is 1. The third-order valence-electron chi connectivity index (χ3n) is 4.35. The van der Waals surface area contributed by atoms with Gasteiger partial charge < -0.3 is 5.11 Å². The van der Waals surface area contributed by atoms with Crippen LogP contribution in [0.3, 0.4) is 0 Å². The second-order valence-electron chi connectivity index (χ2n) is 6.95. The molecule has 1 aliphatic heterocycles. The number of nitrogens with zero attached hydrogens (tertiary/aromatic N) is 2. The summed E-state index contributed by atoms with van der Waals surface area (Å²) in [4.78, 5) is -0.128. The first-order chi connectivity index (χ1) is 10.6. The summed E-state index contributed by atoms with van der Waals surface area (Å²) in [6.07, 6.45) is -0.203. The molecule has 0 aromatic heterocycles. The van der Waals surface area contributed by atoms with Crippen molar-refractivity contribution < 1.29 is 17.9 Å². The fraction of sp³-hybridized carbons (Fsp3) is 0.562. The Bertz CT molecular complexity index is 735. The number of hydrogen-bond donors (Lipinski definition) is 1. The zero-order chi connectivity index (χ0) is 17.4. The molecule has 0 amide bonds. The molecule has 7 heteroatoms. The Morgan fingerprint density at radius 2 is 2.04 bits per heavy atom. The van der Waals surface area contributed by atoms with E-state index in [4.69, 9.17) is 5.26 Å². The van der Waals surface area contributed by atoms with Crippen molar-refractivity contribution in [2.75, 3.05) is 13.1 Å². The van der Waals surface area contributed by atoms with Gasteiger partial charge in [-0.15, -0.1) is 0 Å². The van der Waals surface area contributed by atoms with Crippen LogP contribution in [-0.4, -0.2) is 37.0 Å². The standard InChI is InChI=1S/C16H21FN2O3S/c1-16(2,3)13-6-7-19(10-15(13)20)23(21,22)12-4-5-14(17)11(8-12)9-18/h4-5,8,13,15,20H,6-7,10H2,1-3H3. The van der Waals surface area contributed by atoms with Crippen LogP contribution in [0.2, 0.25) is 0 Å². The maximum absolute atomic E-state index is 13.4. The highest BCUT2D eigenvalue weighted by Crippen LogP contribution is 2.36. The minimum Gasteiger partial charge on any atom is -0.391 e. The van der Waals surface area contributed by atoms with Gasteiger partial charge in [0.25, 0.3) is 0 Å². The van der Waals surface area contributed by atoms with E-state index in [1.807, 2.05) is 20.8 Å². The second kappa shape index (κ2) is 6.19. The summed E-state index contributed by atoms with van der Waals surface area (Å²) >= 11 is 0. The van der Waals surface area contributed by atoms with Crippen LogP contribution in [0, 0.1) is 28.5 Å². The summed E-state index contributed by atoms with van der Waals surface area (Å²) in [5, 5.41) is 19.2. The molecule has 1 N–H and O–H groups in total. The van der Waals surface area contributed by atoms with Crippen LogP contribution in [0.1, 0.15) is 32.8 Å². The number of benzene rings is 1. The molecule has 1 aliphatic rings. The fourth-order valence-electron chi connectivity index (χ4n) is 3.03. The van der Waals surface area contributed by atoms with Gasteiger partial charge in [0.2, 0.25) is 10.0 Å². The summed E-state index contributed by atoms with van der Waals surface area (Å²) < 4.78 is 39.9. The normalized spacial score (nSPS) is 23.5. The molecule has 2 atom stereocenters. The van der Waals surface area contributed by atoms with Gasteiger partial charge in [0.05, 0.1) is 16.6 Å². The molecule has 5 nitrogen and oxygen atoms in total. The first-order valence-electron chi connectivity index (χ1n) is 7.45. The second-order valence-corrected chi connectivity index (χ2v) is 8.88. The maximum Gasteiger partial charge on any atom is 0.243 e. The molecule has 2 unspecified atom stereocenters. The summed E-state index contributed by atoms with van der Waals surface area (Å²) in [5.41, 5.74) is -0.421. The van der Waals surface area contributed by atoms with E-state index in [-0.39, 0.29) is 28.3 Å². The minimum atomic E-state index is -3.86. The van der Waals surface area contributed by atoms with Crippen LogP contribution in [0.4, 0.5) is 4.39 Å². The van der Waals surface area contributed by atoms with Crippen LogP contribution in [-0.2, 0) is 10.0 Å². The summed E-state index contributed by atoms with van der Waals surface area (Å²) in [5.74, 6) is -0.741. The molecule has 0 aliphatic carbocycles. The number of piperidine rings is 1. The highest BCUT2D eigenvalue weighted by molar-refractivity contribution is 7.89. The van der Waals surface area contributed by atoms with Gasteiger partial charge in [-0.05, 0) is 36.0 Å². The number of halogens is 1. The molecule has 0 bridgehead atoms. The van der Waals surface area contributed by atoms with Crippen LogP contribution < -0.4 is 0 Å². The van der Waals surface area contributed by atoms with Crippen molar-refractivity contribution in [3.05, 3.63) is 29.6 Å². The number of aliphatic hydroxyl groups excluding tert-OH is 1. The Hall–Kier alpha value is -1.49. The molecular weight excluding hydrogens is 319 g/mol. The van der Waals surface area contributed by atoms with Crippen molar-refractivity contribution in [1.29, 1.82) is 5.26 Å². The number of rotatable bonds is 2. The maximum atomic E-state index is 13.4. The SMILES string of the molecule is CC(C)(C)C1CCN(S(=O)(=O)c2ccc(F)c(C#N)c2)CC1O. The Balaban J connectivity index is 2.27. The highest BCUT2D eigenvalue weighted by atomic mass is 32.2. The average Bonchev–Trinajstić information content (AvgIpc) is 2.46.